The van der Waals surface area contributed by atoms with E-state index in [9.17, 15) is 4.39 Å². The van der Waals surface area contributed by atoms with Gasteiger partial charge in [-0.1, -0.05) is 6.08 Å². The first-order chi connectivity index (χ1) is 4.83. The van der Waals surface area contributed by atoms with Gasteiger partial charge in [-0.25, -0.2) is 4.98 Å². The number of hydrogen-bond donors (Lipinski definition) is 1. The Hall–Kier alpha value is -1.12. The van der Waals surface area contributed by atoms with Gasteiger partial charge in [0.15, 0.2) is 0 Å². The van der Waals surface area contributed by atoms with Gasteiger partial charge in [0.05, 0.1) is 6.20 Å². The molecule has 1 N–H and O–H groups in total. The number of nitrogens with one attached hydrogen (secondary N) is 1. The number of rotatable bonds is 3. The van der Waals surface area contributed by atoms with E-state index in [1.165, 1.54) is 6.20 Å². The molecule has 0 atom stereocenters. The predicted molar refractivity (Wildman–Crippen MR) is 37.1 cm³/mol. The molecule has 3 heteroatoms. The van der Waals surface area contributed by atoms with Gasteiger partial charge in [0.2, 0.25) is 5.95 Å². The second-order valence-corrected chi connectivity index (χ2v) is 2.01. The molecule has 54 valence electrons. The van der Waals surface area contributed by atoms with Crippen molar-refractivity contribution >= 4 is 0 Å². The summed E-state index contributed by atoms with van der Waals surface area (Å²) in [4.78, 5) is 6.26. The Kier molecular flexibility index (Phi) is 2.20. The fourth-order valence-electron chi connectivity index (χ4n) is 0.703. The number of imidazole rings is 1. The van der Waals surface area contributed by atoms with Crippen molar-refractivity contribution in [3.63, 3.8) is 0 Å². The minimum Gasteiger partial charge on any atom is -0.319 e. The number of aromatic amines is 1. The average molecular weight is 140 g/mol. The lowest BCUT2D eigenvalue weighted by Crippen LogP contribution is -1.85. The largest absolute Gasteiger partial charge is 0.319 e. The zero-order chi connectivity index (χ0) is 7.40. The molecule has 2 nitrogen and oxygen atoms in total. The summed E-state index contributed by atoms with van der Waals surface area (Å²) in [5, 5.41) is 0. The molecule has 0 bridgehead atoms. The van der Waals surface area contributed by atoms with Crippen molar-refractivity contribution in [2.24, 2.45) is 0 Å². The maximum absolute atomic E-state index is 12.2. The number of allylic oxidation sites excluding steroid dienone is 1. The summed E-state index contributed by atoms with van der Waals surface area (Å²) in [6.45, 7) is 3.55. The van der Waals surface area contributed by atoms with Crippen LogP contribution in [0.1, 0.15) is 12.2 Å². The second kappa shape index (κ2) is 3.15. The maximum atomic E-state index is 12.2. The highest BCUT2D eigenvalue weighted by Crippen LogP contribution is 1.97. The third-order valence-corrected chi connectivity index (χ3v) is 1.18. The number of aryl methyl sites for hydroxylation is 1. The molecule has 0 aromatic carbocycles. The van der Waals surface area contributed by atoms with E-state index in [0.717, 1.165) is 12.8 Å². The van der Waals surface area contributed by atoms with Crippen molar-refractivity contribution in [1.29, 1.82) is 0 Å². The standard InChI is InChI=1S/C7H9FN2/c1-2-3-4-7-9-5-6(8)10-7/h2,5H,1,3-4H2,(H,9,10). The molecule has 0 aliphatic carbocycles. The number of halogens is 1. The summed E-state index contributed by atoms with van der Waals surface area (Å²) >= 11 is 0. The smallest absolute Gasteiger partial charge is 0.210 e. The molecule has 1 aromatic rings. The quantitative estimate of drug-likeness (QED) is 0.635. The van der Waals surface area contributed by atoms with Gasteiger partial charge in [-0.2, -0.15) is 4.39 Å². The number of aromatic nitrogens is 2. The first-order valence-corrected chi connectivity index (χ1v) is 3.13. The summed E-state index contributed by atoms with van der Waals surface area (Å²) in [6.07, 6.45) is 4.51. The van der Waals surface area contributed by atoms with E-state index in [2.05, 4.69) is 16.5 Å². The molecule has 0 spiro atoms. The lowest BCUT2D eigenvalue weighted by molar-refractivity contribution is 0.587. The van der Waals surface area contributed by atoms with E-state index >= 15 is 0 Å². The van der Waals surface area contributed by atoms with Crippen LogP contribution in [0, 0.1) is 5.95 Å². The molecule has 1 rings (SSSR count). The van der Waals surface area contributed by atoms with E-state index < -0.39 is 0 Å². The van der Waals surface area contributed by atoms with Crippen molar-refractivity contribution < 1.29 is 4.39 Å². The van der Waals surface area contributed by atoms with Gasteiger partial charge in [0, 0.05) is 6.42 Å². The molecule has 1 heterocycles. The number of nitrogens with zero attached hydrogens (tertiary/aromatic N) is 1. The van der Waals surface area contributed by atoms with Crippen LogP contribution in [0.3, 0.4) is 0 Å². The molecule has 0 unspecified atom stereocenters. The van der Waals surface area contributed by atoms with Crippen LogP contribution in [0.15, 0.2) is 18.9 Å². The SMILES string of the molecule is C=CCCc1ncc(F)[nH]1. The van der Waals surface area contributed by atoms with Crippen molar-refractivity contribution in [3.8, 4) is 0 Å². The van der Waals surface area contributed by atoms with Gasteiger partial charge in [-0.05, 0) is 6.42 Å². The minimum atomic E-state index is -0.376. The van der Waals surface area contributed by atoms with Crippen molar-refractivity contribution in [3.05, 3.63) is 30.6 Å². The Morgan fingerprint density at radius 1 is 1.80 bits per heavy atom. The Labute approximate surface area is 58.8 Å². The molecule has 0 aliphatic rings. The van der Waals surface area contributed by atoms with Crippen LogP contribution in [-0.4, -0.2) is 9.97 Å². The van der Waals surface area contributed by atoms with Crippen LogP contribution in [0.4, 0.5) is 4.39 Å². The highest BCUT2D eigenvalue weighted by Gasteiger charge is 1.95. The molecule has 1 aromatic heterocycles. The summed E-state index contributed by atoms with van der Waals surface area (Å²) in [6, 6.07) is 0. The highest BCUT2D eigenvalue weighted by molar-refractivity contribution is 4.90. The zero-order valence-corrected chi connectivity index (χ0v) is 5.60. The third-order valence-electron chi connectivity index (χ3n) is 1.18. The van der Waals surface area contributed by atoms with Crippen LogP contribution >= 0.6 is 0 Å². The van der Waals surface area contributed by atoms with Crippen LogP contribution in [0.5, 0.6) is 0 Å². The van der Waals surface area contributed by atoms with Crippen LogP contribution in [-0.2, 0) is 6.42 Å². The van der Waals surface area contributed by atoms with E-state index in [0.29, 0.717) is 5.82 Å². The Morgan fingerprint density at radius 3 is 3.10 bits per heavy atom. The second-order valence-electron chi connectivity index (χ2n) is 2.01. The molecular weight excluding hydrogens is 131 g/mol. The van der Waals surface area contributed by atoms with Gasteiger partial charge in [-0.3, -0.25) is 0 Å². The fraction of sp³-hybridized carbons (Fsp3) is 0.286. The van der Waals surface area contributed by atoms with Gasteiger partial charge in [0.1, 0.15) is 5.82 Å². The van der Waals surface area contributed by atoms with Crippen molar-refractivity contribution in [1.82, 2.24) is 9.97 Å². The molecule has 0 saturated carbocycles. The van der Waals surface area contributed by atoms with Crippen LogP contribution in [0.25, 0.3) is 0 Å². The van der Waals surface area contributed by atoms with Gasteiger partial charge < -0.3 is 4.98 Å². The molecule has 0 fully saturated rings. The topological polar surface area (TPSA) is 28.7 Å². The minimum absolute atomic E-state index is 0.376. The molecule has 0 aliphatic heterocycles. The van der Waals surface area contributed by atoms with Gasteiger partial charge in [-0.15, -0.1) is 6.58 Å². The zero-order valence-electron chi connectivity index (χ0n) is 5.60. The van der Waals surface area contributed by atoms with Crippen LogP contribution in [0.2, 0.25) is 0 Å². The van der Waals surface area contributed by atoms with E-state index in [1.807, 2.05) is 0 Å². The van der Waals surface area contributed by atoms with Crippen molar-refractivity contribution in [2.75, 3.05) is 0 Å². The van der Waals surface area contributed by atoms with Crippen molar-refractivity contribution in [2.45, 2.75) is 12.8 Å². The Morgan fingerprint density at radius 2 is 2.60 bits per heavy atom. The highest BCUT2D eigenvalue weighted by atomic mass is 19.1. The summed E-state index contributed by atoms with van der Waals surface area (Å²) < 4.78 is 12.2. The average Bonchev–Trinajstić information content (AvgIpc) is 2.31. The first kappa shape index (κ1) is 6.99. The monoisotopic (exact) mass is 140 g/mol. The first-order valence-electron chi connectivity index (χ1n) is 3.13. The van der Waals surface area contributed by atoms with Crippen LogP contribution < -0.4 is 0 Å². The number of H-pyrrole nitrogens is 1. The van der Waals surface area contributed by atoms with E-state index in [1.54, 1.807) is 6.08 Å². The van der Waals surface area contributed by atoms with Gasteiger partial charge in [0.25, 0.3) is 0 Å². The van der Waals surface area contributed by atoms with Gasteiger partial charge >= 0.3 is 0 Å². The molecule has 0 amide bonds. The predicted octanol–water partition coefficient (Wildman–Crippen LogP) is 1.67. The lowest BCUT2D eigenvalue weighted by Gasteiger charge is -1.87. The normalized spacial score (nSPS) is 9.70. The maximum Gasteiger partial charge on any atom is 0.210 e. The third kappa shape index (κ3) is 1.69. The molecule has 0 saturated heterocycles. The fourth-order valence-corrected chi connectivity index (χ4v) is 0.703. The number of hydrogen-bond acceptors (Lipinski definition) is 1. The van der Waals surface area contributed by atoms with E-state index in [4.69, 9.17) is 0 Å². The lowest BCUT2D eigenvalue weighted by atomic mass is 10.3. The molecule has 0 radical (unpaired) electrons. The Balaban J connectivity index is 2.49. The summed E-state index contributed by atoms with van der Waals surface area (Å²) in [5.74, 6) is 0.302. The molecule has 10 heavy (non-hydrogen) atoms. The summed E-state index contributed by atoms with van der Waals surface area (Å²) in [7, 11) is 0. The summed E-state index contributed by atoms with van der Waals surface area (Å²) in [5.41, 5.74) is 0. The van der Waals surface area contributed by atoms with E-state index in [-0.39, 0.29) is 5.95 Å². The molecular formula is C7H9FN2. The Bertz CT molecular complexity index is 217.